The fourth-order valence-corrected chi connectivity index (χ4v) is 4.24. The van der Waals surface area contributed by atoms with Crippen LogP contribution < -0.4 is 15.5 Å². The Balaban J connectivity index is 1.34. The second-order valence-electron chi connectivity index (χ2n) is 9.10. The first-order valence-corrected chi connectivity index (χ1v) is 12.8. The van der Waals surface area contributed by atoms with Crippen molar-refractivity contribution in [2.24, 2.45) is 0 Å². The number of para-hydroxylation sites is 1. The van der Waals surface area contributed by atoms with Gasteiger partial charge in [-0.2, -0.15) is 0 Å². The minimum Gasteiger partial charge on any atom is -0.376 e. The van der Waals surface area contributed by atoms with E-state index >= 15 is 0 Å². The van der Waals surface area contributed by atoms with Crippen LogP contribution in [0.4, 0.5) is 17.1 Å². The molecule has 0 aliphatic rings. The Labute approximate surface area is 229 Å². The Morgan fingerprint density at radius 3 is 1.95 bits per heavy atom. The number of carbonyl (C=O) groups is 3. The molecule has 4 rings (SSSR count). The molecule has 0 spiro atoms. The third-order valence-corrected chi connectivity index (χ3v) is 6.19. The number of rotatable bonds is 10. The first-order chi connectivity index (χ1) is 18.9. The Hall–Kier alpha value is -4.91. The number of carbonyl (C=O) groups excluding carboxylic acids is 3. The van der Waals surface area contributed by atoms with Crippen LogP contribution in [0.2, 0.25) is 0 Å². The van der Waals surface area contributed by atoms with Gasteiger partial charge in [0, 0.05) is 48.3 Å². The van der Waals surface area contributed by atoms with Crippen LogP contribution >= 0.6 is 0 Å². The van der Waals surface area contributed by atoms with Gasteiger partial charge in [-0.25, -0.2) is 0 Å². The molecule has 0 unspecified atom stereocenters. The quantitative estimate of drug-likeness (QED) is 0.282. The van der Waals surface area contributed by atoms with E-state index in [0.717, 1.165) is 11.3 Å². The van der Waals surface area contributed by atoms with Crippen LogP contribution in [0.25, 0.3) is 0 Å². The van der Waals surface area contributed by atoms with Gasteiger partial charge >= 0.3 is 0 Å². The van der Waals surface area contributed by atoms with Gasteiger partial charge in [-0.05, 0) is 61.0 Å². The summed E-state index contributed by atoms with van der Waals surface area (Å²) in [4.78, 5) is 42.1. The maximum Gasteiger partial charge on any atom is 0.258 e. The monoisotopic (exact) mass is 520 g/mol. The number of amides is 3. The standard InChI is InChI=1S/C32H32N4O3/c1-3-36(29-18-8-5-9-19-29)32(39)26-15-11-17-28(21-26)34-30(37)22-33-27-16-10-14-25(20-27)31(38)35(2)23-24-12-6-4-7-13-24/h4-21,33H,3,22-23H2,1-2H3,(H,34,37). The zero-order valence-electron chi connectivity index (χ0n) is 22.1. The molecule has 0 saturated carbocycles. The molecule has 0 aliphatic carbocycles. The minimum atomic E-state index is -0.270. The highest BCUT2D eigenvalue weighted by Crippen LogP contribution is 2.19. The summed E-state index contributed by atoms with van der Waals surface area (Å²) in [6, 6.07) is 33.3. The first-order valence-electron chi connectivity index (χ1n) is 12.8. The molecule has 0 bridgehead atoms. The van der Waals surface area contributed by atoms with Crippen LogP contribution in [0.3, 0.4) is 0 Å². The molecular formula is C32H32N4O3. The van der Waals surface area contributed by atoms with Crippen molar-refractivity contribution < 1.29 is 14.4 Å². The molecule has 4 aromatic carbocycles. The summed E-state index contributed by atoms with van der Waals surface area (Å²) in [6.07, 6.45) is 0. The lowest BCUT2D eigenvalue weighted by atomic mass is 10.1. The second-order valence-corrected chi connectivity index (χ2v) is 9.10. The zero-order chi connectivity index (χ0) is 27.6. The summed E-state index contributed by atoms with van der Waals surface area (Å²) in [5.74, 6) is -0.519. The molecule has 198 valence electrons. The van der Waals surface area contributed by atoms with Crippen LogP contribution in [-0.4, -0.2) is 42.8 Å². The molecule has 4 aromatic rings. The van der Waals surface area contributed by atoms with Gasteiger partial charge in [0.25, 0.3) is 11.8 Å². The molecule has 0 radical (unpaired) electrons. The number of benzene rings is 4. The molecule has 0 aromatic heterocycles. The SMILES string of the molecule is CCN(C(=O)c1cccc(NC(=O)CNc2cccc(C(=O)N(C)Cc3ccccc3)c2)c1)c1ccccc1. The third-order valence-electron chi connectivity index (χ3n) is 6.19. The van der Waals surface area contributed by atoms with Crippen LogP contribution in [0.5, 0.6) is 0 Å². The van der Waals surface area contributed by atoms with Gasteiger partial charge in [0.2, 0.25) is 5.91 Å². The van der Waals surface area contributed by atoms with Crippen LogP contribution in [0.1, 0.15) is 33.2 Å². The van der Waals surface area contributed by atoms with Crippen molar-refractivity contribution in [1.82, 2.24) is 4.90 Å². The van der Waals surface area contributed by atoms with Crippen molar-refractivity contribution in [2.75, 3.05) is 35.7 Å². The lowest BCUT2D eigenvalue weighted by Crippen LogP contribution is -2.30. The van der Waals surface area contributed by atoms with E-state index in [4.69, 9.17) is 0 Å². The summed E-state index contributed by atoms with van der Waals surface area (Å²) in [5, 5.41) is 5.92. The van der Waals surface area contributed by atoms with Crippen molar-refractivity contribution in [3.63, 3.8) is 0 Å². The smallest absolute Gasteiger partial charge is 0.258 e. The van der Waals surface area contributed by atoms with E-state index in [9.17, 15) is 14.4 Å². The first kappa shape index (κ1) is 27.1. The Bertz CT molecular complexity index is 1420. The number of nitrogens with one attached hydrogen (secondary N) is 2. The van der Waals surface area contributed by atoms with E-state index in [-0.39, 0.29) is 24.3 Å². The molecule has 0 saturated heterocycles. The predicted octanol–water partition coefficient (Wildman–Crippen LogP) is 5.68. The lowest BCUT2D eigenvalue weighted by Gasteiger charge is -2.21. The molecule has 39 heavy (non-hydrogen) atoms. The molecule has 0 fully saturated rings. The van der Waals surface area contributed by atoms with Crippen molar-refractivity contribution in [3.05, 3.63) is 126 Å². The Morgan fingerprint density at radius 1 is 0.692 bits per heavy atom. The van der Waals surface area contributed by atoms with E-state index in [0.29, 0.717) is 35.6 Å². The molecule has 0 heterocycles. The molecule has 0 aliphatic heterocycles. The van der Waals surface area contributed by atoms with Crippen molar-refractivity contribution in [3.8, 4) is 0 Å². The van der Waals surface area contributed by atoms with Crippen LogP contribution in [0.15, 0.2) is 109 Å². The number of hydrogen-bond acceptors (Lipinski definition) is 4. The normalized spacial score (nSPS) is 10.4. The highest BCUT2D eigenvalue weighted by atomic mass is 16.2. The molecule has 7 heteroatoms. The molecule has 7 nitrogen and oxygen atoms in total. The zero-order valence-corrected chi connectivity index (χ0v) is 22.1. The Kier molecular flexibility index (Phi) is 9.08. The summed E-state index contributed by atoms with van der Waals surface area (Å²) in [7, 11) is 1.77. The van der Waals surface area contributed by atoms with E-state index in [1.807, 2.05) is 73.7 Å². The molecule has 2 N–H and O–H groups in total. The van der Waals surface area contributed by atoms with E-state index in [1.54, 1.807) is 59.3 Å². The van der Waals surface area contributed by atoms with Gasteiger partial charge in [-0.1, -0.05) is 60.7 Å². The number of anilines is 3. The van der Waals surface area contributed by atoms with Gasteiger partial charge < -0.3 is 20.4 Å². The van der Waals surface area contributed by atoms with Gasteiger partial charge in [0.1, 0.15) is 0 Å². The lowest BCUT2D eigenvalue weighted by molar-refractivity contribution is -0.114. The Morgan fingerprint density at radius 2 is 1.28 bits per heavy atom. The maximum atomic E-state index is 13.1. The van der Waals surface area contributed by atoms with Gasteiger partial charge in [0.15, 0.2) is 0 Å². The summed E-state index contributed by atoms with van der Waals surface area (Å²) >= 11 is 0. The fourth-order valence-electron chi connectivity index (χ4n) is 4.24. The van der Waals surface area contributed by atoms with E-state index < -0.39 is 0 Å². The van der Waals surface area contributed by atoms with Gasteiger partial charge in [-0.15, -0.1) is 0 Å². The number of hydrogen-bond donors (Lipinski definition) is 2. The van der Waals surface area contributed by atoms with E-state index in [1.165, 1.54) is 0 Å². The molecular weight excluding hydrogens is 488 g/mol. The minimum absolute atomic E-state index is 0.000767. The van der Waals surface area contributed by atoms with Gasteiger partial charge in [0.05, 0.1) is 6.54 Å². The third kappa shape index (κ3) is 7.32. The van der Waals surface area contributed by atoms with Crippen LogP contribution in [0, 0.1) is 0 Å². The van der Waals surface area contributed by atoms with Crippen molar-refractivity contribution in [1.29, 1.82) is 0 Å². The molecule has 0 atom stereocenters. The van der Waals surface area contributed by atoms with Crippen molar-refractivity contribution in [2.45, 2.75) is 13.5 Å². The molecule has 3 amide bonds. The fraction of sp³-hybridized carbons (Fsp3) is 0.156. The highest BCUT2D eigenvalue weighted by molar-refractivity contribution is 6.07. The summed E-state index contributed by atoms with van der Waals surface area (Å²) < 4.78 is 0. The topological polar surface area (TPSA) is 81.8 Å². The highest BCUT2D eigenvalue weighted by Gasteiger charge is 2.17. The second kappa shape index (κ2) is 13.1. The van der Waals surface area contributed by atoms with Gasteiger partial charge in [-0.3, -0.25) is 14.4 Å². The average molecular weight is 521 g/mol. The summed E-state index contributed by atoms with van der Waals surface area (Å²) in [5.41, 5.74) is 4.07. The van der Waals surface area contributed by atoms with E-state index in [2.05, 4.69) is 10.6 Å². The predicted molar refractivity (Wildman–Crippen MR) is 156 cm³/mol. The largest absolute Gasteiger partial charge is 0.376 e. The van der Waals surface area contributed by atoms with Crippen LogP contribution in [-0.2, 0) is 11.3 Å². The summed E-state index contributed by atoms with van der Waals surface area (Å²) in [6.45, 7) is 2.95. The van der Waals surface area contributed by atoms with Crippen molar-refractivity contribution >= 4 is 34.8 Å². The number of nitrogens with zero attached hydrogens (tertiary/aromatic N) is 2. The maximum absolute atomic E-state index is 13.1. The average Bonchev–Trinajstić information content (AvgIpc) is 2.97.